The van der Waals surface area contributed by atoms with Crippen LogP contribution in [0.4, 0.5) is 10.2 Å². The summed E-state index contributed by atoms with van der Waals surface area (Å²) in [4.78, 5) is 7.08. The number of likely N-dealkylation sites (tertiary alicyclic amines) is 1. The number of rotatable bonds is 6. The molecule has 6 rings (SSSR count). The topological polar surface area (TPSA) is 81.2 Å². The third-order valence-corrected chi connectivity index (χ3v) is 10.4. The number of hydrogen-bond acceptors (Lipinski definition) is 6. The van der Waals surface area contributed by atoms with Crippen LogP contribution in [0.1, 0.15) is 76.0 Å². The van der Waals surface area contributed by atoms with E-state index in [2.05, 4.69) is 26.1 Å². The number of piperidine rings is 2. The van der Waals surface area contributed by atoms with Gasteiger partial charge in [-0.2, -0.15) is 5.10 Å². The van der Waals surface area contributed by atoms with Gasteiger partial charge in [0.25, 0.3) is 0 Å². The summed E-state index contributed by atoms with van der Waals surface area (Å²) in [5, 5.41) is 8.52. The van der Waals surface area contributed by atoms with E-state index in [0.29, 0.717) is 27.8 Å². The Kier molecular flexibility index (Phi) is 8.46. The molecule has 7 nitrogen and oxygen atoms in total. The van der Waals surface area contributed by atoms with Gasteiger partial charge in [0.1, 0.15) is 11.9 Å². The van der Waals surface area contributed by atoms with E-state index in [0.717, 1.165) is 43.1 Å². The van der Waals surface area contributed by atoms with E-state index in [1.54, 1.807) is 13.1 Å². The van der Waals surface area contributed by atoms with E-state index < -0.39 is 11.9 Å². The summed E-state index contributed by atoms with van der Waals surface area (Å²) in [6.07, 6.45) is 15.4. The van der Waals surface area contributed by atoms with Crippen LogP contribution < -0.4 is 15.8 Å². The lowest BCUT2D eigenvalue weighted by atomic mass is 9.67. The van der Waals surface area contributed by atoms with Crippen molar-refractivity contribution in [1.29, 1.82) is 0 Å². The summed E-state index contributed by atoms with van der Waals surface area (Å²) in [6.45, 7) is 6.40. The fraction of sp³-hybridized carbons (Fsp3) is 0.548. The molecule has 1 atom stereocenters. The summed E-state index contributed by atoms with van der Waals surface area (Å²) in [5.74, 6) is 0.0629. The number of hydrogen-bond donors (Lipinski definition) is 2. The number of benzene rings is 1. The summed E-state index contributed by atoms with van der Waals surface area (Å²) >= 11 is 12.5. The van der Waals surface area contributed by atoms with Crippen LogP contribution in [0.15, 0.2) is 36.8 Å². The Labute approximate surface area is 251 Å². The first-order valence-electron chi connectivity index (χ1n) is 14.9. The van der Waals surface area contributed by atoms with E-state index in [9.17, 15) is 4.39 Å². The van der Waals surface area contributed by atoms with Gasteiger partial charge in [-0.1, -0.05) is 23.2 Å². The van der Waals surface area contributed by atoms with Crippen LogP contribution in [-0.2, 0) is 0 Å². The number of anilines is 1. The van der Waals surface area contributed by atoms with Crippen molar-refractivity contribution in [2.24, 2.45) is 5.41 Å². The number of ether oxygens (including phenoxy) is 1. The Morgan fingerprint density at radius 3 is 2.49 bits per heavy atom. The van der Waals surface area contributed by atoms with Crippen molar-refractivity contribution in [3.05, 3.63) is 58.2 Å². The van der Waals surface area contributed by atoms with E-state index in [1.165, 1.54) is 63.7 Å². The maximum atomic E-state index is 14.1. The number of nitrogens with zero attached hydrogens (tertiary/aromatic N) is 4. The van der Waals surface area contributed by atoms with Gasteiger partial charge in [-0.25, -0.2) is 9.37 Å². The van der Waals surface area contributed by atoms with Gasteiger partial charge >= 0.3 is 0 Å². The van der Waals surface area contributed by atoms with Gasteiger partial charge in [-0.15, -0.1) is 0 Å². The van der Waals surface area contributed by atoms with Crippen LogP contribution in [-0.4, -0.2) is 51.9 Å². The van der Waals surface area contributed by atoms with E-state index in [1.807, 2.05) is 12.3 Å². The van der Waals surface area contributed by atoms with E-state index in [4.69, 9.17) is 38.8 Å². The van der Waals surface area contributed by atoms with Crippen LogP contribution in [0.5, 0.6) is 5.75 Å². The monoisotopic (exact) mass is 600 g/mol. The Hall–Kier alpha value is -2.39. The van der Waals surface area contributed by atoms with Crippen LogP contribution in [0.25, 0.3) is 11.1 Å². The molecule has 3 aliphatic rings. The van der Waals surface area contributed by atoms with Crippen molar-refractivity contribution in [2.75, 3.05) is 31.9 Å². The molecule has 2 saturated heterocycles. The summed E-state index contributed by atoms with van der Waals surface area (Å²) in [7, 11) is 0. The molecule has 2 aromatic heterocycles. The molecule has 3 N–H and O–H groups in total. The molecule has 4 heterocycles. The second kappa shape index (κ2) is 12.1. The van der Waals surface area contributed by atoms with Gasteiger partial charge in [0.2, 0.25) is 0 Å². The van der Waals surface area contributed by atoms with E-state index >= 15 is 0 Å². The van der Waals surface area contributed by atoms with Crippen molar-refractivity contribution in [3.8, 4) is 16.9 Å². The zero-order valence-corrected chi connectivity index (χ0v) is 25.1. The number of pyridine rings is 1. The number of aromatic nitrogens is 3. The molecule has 1 spiro atoms. The fourth-order valence-corrected chi connectivity index (χ4v) is 7.79. The minimum Gasteiger partial charge on any atom is -0.482 e. The minimum atomic E-state index is -0.632. The van der Waals surface area contributed by atoms with Crippen LogP contribution in [0, 0.1) is 11.2 Å². The quantitative estimate of drug-likeness (QED) is 0.295. The zero-order valence-electron chi connectivity index (χ0n) is 23.6. The number of nitrogen functional groups attached to an aromatic ring is 1. The third kappa shape index (κ3) is 6.07. The fourth-order valence-electron chi connectivity index (χ4n) is 7.11. The lowest BCUT2D eigenvalue weighted by Crippen LogP contribution is -2.47. The minimum absolute atomic E-state index is 0.0609. The Bertz CT molecular complexity index is 1360. The standard InChI is InChI=1S/C31H39Cl2FN6O/c1-20(28-25(32)2-3-26(34)29(28)33)41-27-16-21(17-37-30(27)35)22-18-38-40(19-22)24-6-14-39(15-7-24)23-4-8-31(9-5-23)10-12-36-13-11-31/h2-3,16-20,23-24,36H,4-15H2,1H3,(H2,35,37)/t20-/m1/s1. The number of halogens is 3. The highest BCUT2D eigenvalue weighted by molar-refractivity contribution is 6.36. The molecule has 0 radical (unpaired) electrons. The molecular formula is C31H39Cl2FN6O. The third-order valence-electron chi connectivity index (χ3n) is 9.68. The molecule has 1 aliphatic carbocycles. The molecule has 1 aromatic carbocycles. The van der Waals surface area contributed by atoms with E-state index in [-0.39, 0.29) is 10.8 Å². The second-order valence-electron chi connectivity index (χ2n) is 12.1. The molecule has 41 heavy (non-hydrogen) atoms. The van der Waals surface area contributed by atoms with Crippen molar-refractivity contribution in [2.45, 2.75) is 76.5 Å². The summed E-state index contributed by atoms with van der Waals surface area (Å²) < 4.78 is 22.2. The average Bonchev–Trinajstić information content (AvgIpc) is 3.48. The highest BCUT2D eigenvalue weighted by Gasteiger charge is 2.38. The summed E-state index contributed by atoms with van der Waals surface area (Å²) in [6, 6.07) is 5.66. The van der Waals surface area contributed by atoms with Gasteiger partial charge in [0, 0.05) is 53.2 Å². The average molecular weight is 602 g/mol. The SMILES string of the molecule is C[C@@H](Oc1cc(-c2cnn(C3CCN(C4CCC5(CCNCC5)CC4)CC3)c2)cnc1N)c1c(Cl)ccc(F)c1Cl. The van der Waals surface area contributed by atoms with Crippen molar-refractivity contribution >= 4 is 29.0 Å². The normalized spacial score (nSPS) is 21.3. The Morgan fingerprint density at radius 1 is 1.02 bits per heavy atom. The van der Waals surface area contributed by atoms with Crippen LogP contribution in [0.2, 0.25) is 10.0 Å². The highest BCUT2D eigenvalue weighted by atomic mass is 35.5. The molecule has 3 aromatic rings. The molecule has 220 valence electrons. The molecular weight excluding hydrogens is 562 g/mol. The van der Waals surface area contributed by atoms with Gasteiger partial charge in [0.05, 0.1) is 17.3 Å². The zero-order chi connectivity index (χ0) is 28.6. The first kappa shape index (κ1) is 28.7. The Morgan fingerprint density at radius 2 is 1.76 bits per heavy atom. The molecule has 0 unspecified atom stereocenters. The Balaban J connectivity index is 1.08. The molecule has 3 fully saturated rings. The van der Waals surface area contributed by atoms with Crippen molar-refractivity contribution < 1.29 is 9.13 Å². The van der Waals surface area contributed by atoms with Gasteiger partial charge < -0.3 is 20.7 Å². The predicted octanol–water partition coefficient (Wildman–Crippen LogP) is 7.06. The van der Waals surface area contributed by atoms with Crippen molar-refractivity contribution in [3.63, 3.8) is 0 Å². The largest absolute Gasteiger partial charge is 0.482 e. The van der Waals surface area contributed by atoms with Gasteiger partial charge in [0.15, 0.2) is 11.6 Å². The second-order valence-corrected chi connectivity index (χ2v) is 12.9. The van der Waals surface area contributed by atoms with Crippen molar-refractivity contribution in [1.82, 2.24) is 25.0 Å². The number of nitrogens with one attached hydrogen (secondary N) is 1. The number of nitrogens with two attached hydrogens (primary N) is 1. The molecule has 0 amide bonds. The maximum absolute atomic E-state index is 14.1. The smallest absolute Gasteiger partial charge is 0.166 e. The highest BCUT2D eigenvalue weighted by Crippen LogP contribution is 2.45. The first-order valence-corrected chi connectivity index (χ1v) is 15.6. The summed E-state index contributed by atoms with van der Waals surface area (Å²) in [5.41, 5.74) is 8.91. The molecule has 10 heteroatoms. The van der Waals surface area contributed by atoms with Gasteiger partial charge in [-0.3, -0.25) is 4.68 Å². The lowest BCUT2D eigenvalue weighted by Gasteiger charge is -2.47. The van der Waals surface area contributed by atoms with Crippen LogP contribution >= 0.6 is 23.2 Å². The molecule has 2 aliphatic heterocycles. The molecule has 0 bridgehead atoms. The molecule has 1 saturated carbocycles. The van der Waals surface area contributed by atoms with Gasteiger partial charge in [-0.05, 0) is 95.0 Å². The first-order chi connectivity index (χ1) is 19.8. The predicted molar refractivity (Wildman–Crippen MR) is 162 cm³/mol. The lowest BCUT2D eigenvalue weighted by molar-refractivity contribution is 0.0476. The van der Waals surface area contributed by atoms with Crippen LogP contribution in [0.3, 0.4) is 0 Å². The maximum Gasteiger partial charge on any atom is 0.166 e.